The third-order valence-electron chi connectivity index (χ3n) is 3.05. The molecule has 2 rings (SSSR count). The molecular weight excluding hydrogens is 381 g/mol. The molecule has 1 aliphatic heterocycles. The predicted octanol–water partition coefficient (Wildman–Crippen LogP) is 2.87. The largest absolute Gasteiger partial charge is 0.408 e. The molecule has 134 valence electrons. The maximum absolute atomic E-state index is 13.3. The molecule has 0 aromatic heterocycles. The highest BCUT2D eigenvalue weighted by molar-refractivity contribution is 7.94. The molecule has 0 fully saturated rings. The van der Waals surface area contributed by atoms with Crippen LogP contribution in [0.4, 0.5) is 13.2 Å². The SMILES string of the molecule is N=C/C=C1/N=CC(S(=O)(=O)N[C@H](c2ccc(Cl)cc2)C(F)(F)F)=CN1. The highest BCUT2D eigenvalue weighted by Gasteiger charge is 2.43. The van der Waals surface area contributed by atoms with Crippen LogP contribution in [0.2, 0.25) is 5.02 Å². The Morgan fingerprint density at radius 1 is 1.28 bits per heavy atom. The first-order valence-corrected chi connectivity index (χ1v) is 8.55. The third-order valence-corrected chi connectivity index (χ3v) is 4.69. The number of nitrogens with one attached hydrogen (secondary N) is 3. The van der Waals surface area contributed by atoms with Crippen molar-refractivity contribution in [2.24, 2.45) is 4.99 Å². The molecule has 6 nitrogen and oxygen atoms in total. The number of aliphatic imine (C=N–C) groups is 1. The molecule has 1 atom stereocenters. The van der Waals surface area contributed by atoms with E-state index in [9.17, 15) is 21.6 Å². The van der Waals surface area contributed by atoms with Gasteiger partial charge in [-0.2, -0.15) is 17.9 Å². The molecule has 0 saturated carbocycles. The van der Waals surface area contributed by atoms with E-state index in [0.29, 0.717) is 0 Å². The normalized spacial score (nSPS) is 17.8. The number of halogens is 4. The first-order valence-electron chi connectivity index (χ1n) is 6.69. The van der Waals surface area contributed by atoms with E-state index >= 15 is 0 Å². The van der Waals surface area contributed by atoms with Crippen molar-refractivity contribution in [2.45, 2.75) is 12.2 Å². The van der Waals surface area contributed by atoms with Crippen LogP contribution < -0.4 is 10.0 Å². The average molecular weight is 393 g/mol. The number of rotatable bonds is 5. The second kappa shape index (κ2) is 7.38. The summed E-state index contributed by atoms with van der Waals surface area (Å²) >= 11 is 5.65. The maximum atomic E-state index is 13.3. The van der Waals surface area contributed by atoms with Crippen LogP contribution in [0.5, 0.6) is 0 Å². The zero-order valence-corrected chi connectivity index (χ0v) is 14.0. The second-order valence-electron chi connectivity index (χ2n) is 4.82. The summed E-state index contributed by atoms with van der Waals surface area (Å²) in [7, 11) is -4.50. The first-order chi connectivity index (χ1) is 11.6. The Labute approximate surface area is 146 Å². The monoisotopic (exact) mass is 392 g/mol. The van der Waals surface area contributed by atoms with Gasteiger partial charge < -0.3 is 10.7 Å². The highest BCUT2D eigenvalue weighted by atomic mass is 35.5. The number of sulfonamides is 1. The van der Waals surface area contributed by atoms with Crippen LogP contribution in [0.15, 0.2) is 52.3 Å². The summed E-state index contributed by atoms with van der Waals surface area (Å²) in [4.78, 5) is 3.23. The van der Waals surface area contributed by atoms with E-state index in [1.54, 1.807) is 4.72 Å². The van der Waals surface area contributed by atoms with Crippen LogP contribution in [0.25, 0.3) is 0 Å². The first kappa shape index (κ1) is 19.2. The van der Waals surface area contributed by atoms with Crippen LogP contribution in [0, 0.1) is 5.41 Å². The zero-order valence-electron chi connectivity index (χ0n) is 12.4. The summed E-state index contributed by atoms with van der Waals surface area (Å²) in [6.07, 6.45) is -0.809. The fraction of sp³-hybridized carbons (Fsp3) is 0.143. The molecule has 25 heavy (non-hydrogen) atoms. The summed E-state index contributed by atoms with van der Waals surface area (Å²) < 4.78 is 66.0. The number of nitrogens with zero attached hydrogens (tertiary/aromatic N) is 1. The molecule has 11 heteroatoms. The van der Waals surface area contributed by atoms with Crippen LogP contribution in [0.3, 0.4) is 0 Å². The highest BCUT2D eigenvalue weighted by Crippen LogP contribution is 2.34. The van der Waals surface area contributed by atoms with Gasteiger partial charge in [0.2, 0.25) is 10.0 Å². The van der Waals surface area contributed by atoms with Gasteiger partial charge in [-0.25, -0.2) is 13.4 Å². The lowest BCUT2D eigenvalue weighted by Crippen LogP contribution is -2.39. The summed E-state index contributed by atoms with van der Waals surface area (Å²) in [6, 6.07) is 2.22. The van der Waals surface area contributed by atoms with Gasteiger partial charge in [0.05, 0.1) is 6.21 Å². The Hall–Kier alpha value is -2.17. The Morgan fingerprint density at radius 2 is 1.92 bits per heavy atom. The molecule has 0 amide bonds. The molecule has 1 aliphatic rings. The van der Waals surface area contributed by atoms with Crippen LogP contribution >= 0.6 is 11.6 Å². The topological polar surface area (TPSA) is 94.4 Å². The van der Waals surface area contributed by atoms with E-state index in [1.165, 1.54) is 18.2 Å². The van der Waals surface area contributed by atoms with Crippen LogP contribution in [-0.4, -0.2) is 27.0 Å². The lowest BCUT2D eigenvalue weighted by Gasteiger charge is -2.22. The standard InChI is InChI=1S/C14H12ClF3N4O2S/c15-10-3-1-9(2-4-10)13(14(16,17)18)22-25(23,24)11-7-20-12(5-6-19)21-8-11/h1-8,13,19-20,22H/b12-5+,19-6?/t13-/m1/s1. The molecular formula is C14H12ClF3N4O2S. The van der Waals surface area contributed by atoms with Gasteiger partial charge in [0.25, 0.3) is 0 Å². The van der Waals surface area contributed by atoms with Crippen LogP contribution in [-0.2, 0) is 10.0 Å². The van der Waals surface area contributed by atoms with Crippen molar-refractivity contribution in [3.63, 3.8) is 0 Å². The molecule has 1 heterocycles. The van der Waals surface area contributed by atoms with Gasteiger partial charge in [-0.3, -0.25) is 0 Å². The minimum absolute atomic E-state index is 0.180. The van der Waals surface area contributed by atoms with E-state index in [0.717, 1.165) is 30.8 Å². The van der Waals surface area contributed by atoms with Crippen molar-refractivity contribution in [3.8, 4) is 0 Å². The van der Waals surface area contributed by atoms with Gasteiger partial charge in [0, 0.05) is 17.4 Å². The van der Waals surface area contributed by atoms with Crippen molar-refractivity contribution in [3.05, 3.63) is 57.9 Å². The summed E-state index contributed by atoms with van der Waals surface area (Å²) in [5.74, 6) is 0.180. The van der Waals surface area contributed by atoms with Gasteiger partial charge in [0.15, 0.2) is 0 Å². The second-order valence-corrected chi connectivity index (χ2v) is 6.97. The zero-order chi connectivity index (χ0) is 18.7. The van der Waals surface area contributed by atoms with Gasteiger partial charge in [-0.15, -0.1) is 0 Å². The molecule has 0 unspecified atom stereocenters. The quantitative estimate of drug-likeness (QED) is 0.672. The molecule has 3 N–H and O–H groups in total. The summed E-state index contributed by atoms with van der Waals surface area (Å²) in [5, 5.41) is 9.58. The Morgan fingerprint density at radius 3 is 2.40 bits per heavy atom. The van der Waals surface area contributed by atoms with Crippen molar-refractivity contribution >= 4 is 34.1 Å². The minimum atomic E-state index is -4.86. The molecule has 1 aromatic rings. The van der Waals surface area contributed by atoms with Crippen molar-refractivity contribution in [1.29, 1.82) is 5.41 Å². The van der Waals surface area contributed by atoms with Gasteiger partial charge >= 0.3 is 6.18 Å². The van der Waals surface area contributed by atoms with Crippen molar-refractivity contribution in [1.82, 2.24) is 10.0 Å². The Balaban J connectivity index is 2.29. The van der Waals surface area contributed by atoms with Gasteiger partial charge in [-0.1, -0.05) is 23.7 Å². The van der Waals surface area contributed by atoms with Crippen molar-refractivity contribution < 1.29 is 21.6 Å². The predicted molar refractivity (Wildman–Crippen MR) is 88.9 cm³/mol. The van der Waals surface area contributed by atoms with E-state index in [4.69, 9.17) is 17.0 Å². The van der Waals surface area contributed by atoms with Gasteiger partial charge in [0.1, 0.15) is 16.8 Å². The Bertz CT molecular complexity index is 846. The molecule has 0 bridgehead atoms. The van der Waals surface area contributed by atoms with Gasteiger partial charge in [-0.05, 0) is 23.8 Å². The summed E-state index contributed by atoms with van der Waals surface area (Å²) in [6.45, 7) is 0. The van der Waals surface area contributed by atoms with E-state index < -0.39 is 27.1 Å². The molecule has 0 spiro atoms. The van der Waals surface area contributed by atoms with E-state index in [2.05, 4.69) is 10.3 Å². The smallest absolute Gasteiger partial charge is 0.345 e. The number of hydrogen-bond donors (Lipinski definition) is 3. The number of allylic oxidation sites excluding steroid dienone is 2. The Kier molecular flexibility index (Phi) is 5.65. The maximum Gasteiger partial charge on any atom is 0.408 e. The third kappa shape index (κ3) is 4.91. The number of alkyl halides is 3. The van der Waals surface area contributed by atoms with E-state index in [1.807, 2.05) is 0 Å². The number of hydrogen-bond acceptors (Lipinski definition) is 5. The van der Waals surface area contributed by atoms with E-state index in [-0.39, 0.29) is 16.4 Å². The molecule has 0 radical (unpaired) electrons. The lowest BCUT2D eigenvalue weighted by molar-refractivity contribution is -0.153. The summed E-state index contributed by atoms with van der Waals surface area (Å²) in [5.41, 5.74) is -0.300. The lowest BCUT2D eigenvalue weighted by atomic mass is 10.1. The van der Waals surface area contributed by atoms with Crippen molar-refractivity contribution in [2.75, 3.05) is 0 Å². The minimum Gasteiger partial charge on any atom is -0.345 e. The molecule has 1 aromatic carbocycles. The average Bonchev–Trinajstić information content (AvgIpc) is 2.54. The fourth-order valence-electron chi connectivity index (χ4n) is 1.87. The number of benzene rings is 1. The van der Waals surface area contributed by atoms with Crippen LogP contribution in [0.1, 0.15) is 11.6 Å². The fourth-order valence-corrected chi connectivity index (χ4v) is 3.12. The molecule has 0 aliphatic carbocycles. The molecule has 0 saturated heterocycles.